The largest absolute Gasteiger partial charge is 0.486 e. The van der Waals surface area contributed by atoms with Crippen molar-refractivity contribution < 1.29 is 19.1 Å². The van der Waals surface area contributed by atoms with Crippen LogP contribution in [0.5, 0.6) is 11.5 Å². The molecule has 0 bridgehead atoms. The zero-order valence-electron chi connectivity index (χ0n) is 17.8. The summed E-state index contributed by atoms with van der Waals surface area (Å²) in [6.45, 7) is 4.74. The molecule has 31 heavy (non-hydrogen) atoms. The zero-order valence-corrected chi connectivity index (χ0v) is 17.8. The van der Waals surface area contributed by atoms with Crippen molar-refractivity contribution in [2.45, 2.75) is 43.7 Å². The lowest BCUT2D eigenvalue weighted by Gasteiger charge is -2.39. The number of imide groups is 1. The van der Waals surface area contributed by atoms with E-state index in [2.05, 4.69) is 4.90 Å². The summed E-state index contributed by atoms with van der Waals surface area (Å²) >= 11 is 0. The molecule has 0 radical (unpaired) electrons. The number of ether oxygens (including phenoxy) is 2. The minimum absolute atomic E-state index is 0.0608. The summed E-state index contributed by atoms with van der Waals surface area (Å²) < 4.78 is 12.0. The summed E-state index contributed by atoms with van der Waals surface area (Å²) in [5.74, 6) is 1.43. The van der Waals surface area contributed by atoms with Crippen LogP contribution >= 0.6 is 0 Å². The number of amides is 2. The number of carbonyl (C=O) groups excluding carboxylic acids is 2. The molecule has 3 atom stereocenters. The molecule has 0 spiro atoms. The van der Waals surface area contributed by atoms with Crippen molar-refractivity contribution in [3.05, 3.63) is 60.2 Å². The quantitative estimate of drug-likeness (QED) is 0.712. The molecule has 2 aromatic carbocycles. The summed E-state index contributed by atoms with van der Waals surface area (Å²) in [6.07, 6.45) is 1.98. The van der Waals surface area contributed by atoms with Crippen molar-refractivity contribution in [1.82, 2.24) is 9.80 Å². The first-order chi connectivity index (χ1) is 15.0. The summed E-state index contributed by atoms with van der Waals surface area (Å²) in [6, 6.07) is 17.3. The van der Waals surface area contributed by atoms with Gasteiger partial charge in [-0.05, 0) is 44.0 Å². The monoisotopic (exact) mass is 420 g/mol. The Labute approximate surface area is 182 Å². The average Bonchev–Trinajstić information content (AvgIpc) is 3.03. The molecule has 162 valence electrons. The maximum Gasteiger partial charge on any atom is 0.240 e. The van der Waals surface area contributed by atoms with Gasteiger partial charge in [0, 0.05) is 19.5 Å². The van der Waals surface area contributed by atoms with Crippen LogP contribution in [0.2, 0.25) is 0 Å². The predicted octanol–water partition coefficient (Wildman–Crippen LogP) is 3.01. The van der Waals surface area contributed by atoms with Crippen LogP contribution in [0.4, 0.5) is 0 Å². The van der Waals surface area contributed by atoms with Gasteiger partial charge in [-0.3, -0.25) is 19.4 Å². The van der Waals surface area contributed by atoms with Crippen molar-refractivity contribution in [2.24, 2.45) is 0 Å². The number of para-hydroxylation sites is 2. The first-order valence-corrected chi connectivity index (χ1v) is 11.1. The molecule has 0 aliphatic carbocycles. The maximum atomic E-state index is 13.4. The summed E-state index contributed by atoms with van der Waals surface area (Å²) in [7, 11) is 0. The molecule has 0 saturated carbocycles. The smallest absolute Gasteiger partial charge is 0.240 e. The van der Waals surface area contributed by atoms with Gasteiger partial charge in [0.05, 0.1) is 11.5 Å². The van der Waals surface area contributed by atoms with E-state index in [4.69, 9.17) is 9.47 Å². The Morgan fingerprint density at radius 3 is 2.58 bits per heavy atom. The number of piperidine rings is 1. The lowest BCUT2D eigenvalue weighted by molar-refractivity contribution is -0.143. The molecule has 3 heterocycles. The highest BCUT2D eigenvalue weighted by molar-refractivity contribution is 6.09. The first-order valence-electron chi connectivity index (χ1n) is 11.1. The second kappa shape index (κ2) is 8.00. The Hall–Kier alpha value is -2.86. The summed E-state index contributed by atoms with van der Waals surface area (Å²) in [4.78, 5) is 30.2. The van der Waals surface area contributed by atoms with Gasteiger partial charge < -0.3 is 9.47 Å². The number of likely N-dealkylation sites (tertiary alicyclic amines) is 2. The molecule has 2 saturated heterocycles. The fraction of sp³-hybridized carbons (Fsp3) is 0.440. The Bertz CT molecular complexity index is 978. The molecule has 0 aromatic heterocycles. The molecule has 6 nitrogen and oxygen atoms in total. The highest BCUT2D eigenvalue weighted by atomic mass is 16.6. The third-order valence-corrected chi connectivity index (χ3v) is 6.75. The highest BCUT2D eigenvalue weighted by Gasteiger charge is 2.51. The molecule has 5 rings (SSSR count). The van der Waals surface area contributed by atoms with Gasteiger partial charge in [-0.15, -0.1) is 0 Å². The number of fused-ring (bicyclic) bond motifs is 1. The molecule has 2 aromatic rings. The minimum atomic E-state index is -0.773. The van der Waals surface area contributed by atoms with E-state index in [-0.39, 0.29) is 30.4 Å². The van der Waals surface area contributed by atoms with Crippen molar-refractivity contribution in [1.29, 1.82) is 0 Å². The Morgan fingerprint density at radius 2 is 1.77 bits per heavy atom. The molecule has 6 heteroatoms. The van der Waals surface area contributed by atoms with Gasteiger partial charge in [-0.2, -0.15) is 0 Å². The average molecular weight is 421 g/mol. The minimum Gasteiger partial charge on any atom is -0.486 e. The van der Waals surface area contributed by atoms with E-state index in [0.717, 1.165) is 43.0 Å². The van der Waals surface area contributed by atoms with E-state index in [1.807, 2.05) is 61.5 Å². The van der Waals surface area contributed by atoms with Gasteiger partial charge in [-0.25, -0.2) is 0 Å². The Kier molecular flexibility index (Phi) is 5.18. The summed E-state index contributed by atoms with van der Waals surface area (Å²) in [5, 5.41) is 0. The van der Waals surface area contributed by atoms with Crippen LogP contribution < -0.4 is 9.47 Å². The zero-order chi connectivity index (χ0) is 21.4. The Morgan fingerprint density at radius 1 is 1.03 bits per heavy atom. The summed E-state index contributed by atoms with van der Waals surface area (Å²) in [5.41, 5.74) is 0.139. The number of hydrogen-bond donors (Lipinski definition) is 0. The molecule has 3 aliphatic rings. The molecular formula is C25H28N2O4. The van der Waals surface area contributed by atoms with Crippen LogP contribution in [-0.2, 0) is 15.0 Å². The maximum absolute atomic E-state index is 13.4. The van der Waals surface area contributed by atoms with Crippen molar-refractivity contribution in [2.75, 3.05) is 26.2 Å². The van der Waals surface area contributed by atoms with Crippen LogP contribution in [0.25, 0.3) is 0 Å². The van der Waals surface area contributed by atoms with Crippen molar-refractivity contribution in [3.8, 4) is 11.5 Å². The first kappa shape index (κ1) is 20.1. The van der Waals surface area contributed by atoms with Crippen LogP contribution in [0.1, 0.15) is 31.7 Å². The lowest BCUT2D eigenvalue weighted by atomic mass is 9.81. The van der Waals surface area contributed by atoms with Crippen molar-refractivity contribution >= 4 is 11.8 Å². The Balaban J connectivity index is 1.26. The number of rotatable bonds is 4. The molecule has 1 unspecified atom stereocenters. The van der Waals surface area contributed by atoms with Crippen LogP contribution in [0, 0.1) is 0 Å². The van der Waals surface area contributed by atoms with Crippen molar-refractivity contribution in [3.63, 3.8) is 0 Å². The third-order valence-electron chi connectivity index (χ3n) is 6.75. The third kappa shape index (κ3) is 3.69. The van der Waals surface area contributed by atoms with E-state index in [1.165, 1.54) is 0 Å². The van der Waals surface area contributed by atoms with Crippen LogP contribution in [0.3, 0.4) is 0 Å². The van der Waals surface area contributed by atoms with Gasteiger partial charge in [0.15, 0.2) is 11.5 Å². The molecule has 2 amide bonds. The predicted molar refractivity (Wildman–Crippen MR) is 116 cm³/mol. The second-order valence-corrected chi connectivity index (χ2v) is 9.00. The van der Waals surface area contributed by atoms with E-state index in [9.17, 15) is 9.59 Å². The number of nitrogens with zero attached hydrogens (tertiary/aromatic N) is 2. The normalized spacial score (nSPS) is 28.7. The van der Waals surface area contributed by atoms with E-state index in [0.29, 0.717) is 13.2 Å². The standard InChI is InChI=1S/C25H28N2O4/c1-25(18-8-3-2-4-9-18)14-23(28)27(24(25)29)19-10-7-13-26(15-19)16-20-17-30-21-11-5-6-12-22(21)31-20/h2-6,8-9,11-12,19-20H,7,10,13-17H2,1H3/t19-,20-,25?/m0/s1. The van der Waals surface area contributed by atoms with Crippen LogP contribution in [0.15, 0.2) is 54.6 Å². The molecule has 2 fully saturated rings. The van der Waals surface area contributed by atoms with E-state index in [1.54, 1.807) is 4.90 Å². The SMILES string of the molecule is CC1(c2ccccc2)CC(=O)N([C@H]2CCCN(C[C@H]3COc4ccccc4O3)C2)C1=O. The van der Waals surface area contributed by atoms with Crippen LogP contribution in [-0.4, -0.2) is 60.0 Å². The lowest BCUT2D eigenvalue weighted by Crippen LogP contribution is -2.53. The van der Waals surface area contributed by atoms with Gasteiger partial charge in [0.1, 0.15) is 12.7 Å². The second-order valence-electron chi connectivity index (χ2n) is 9.00. The van der Waals surface area contributed by atoms with Gasteiger partial charge in [0.25, 0.3) is 0 Å². The molecule has 3 aliphatic heterocycles. The van der Waals surface area contributed by atoms with Gasteiger partial charge in [-0.1, -0.05) is 42.5 Å². The van der Waals surface area contributed by atoms with E-state index >= 15 is 0 Å². The topological polar surface area (TPSA) is 59.1 Å². The van der Waals surface area contributed by atoms with E-state index < -0.39 is 5.41 Å². The van der Waals surface area contributed by atoms with Gasteiger partial charge >= 0.3 is 0 Å². The number of benzene rings is 2. The fourth-order valence-corrected chi connectivity index (χ4v) is 5.09. The molecular weight excluding hydrogens is 392 g/mol. The van der Waals surface area contributed by atoms with Gasteiger partial charge in [0.2, 0.25) is 11.8 Å². The highest BCUT2D eigenvalue weighted by Crippen LogP contribution is 2.38. The number of hydrogen-bond acceptors (Lipinski definition) is 5. The fourth-order valence-electron chi connectivity index (χ4n) is 5.09. The molecule has 0 N–H and O–H groups in total. The number of carbonyl (C=O) groups is 2.